The van der Waals surface area contributed by atoms with Crippen molar-refractivity contribution in [3.63, 3.8) is 0 Å². The second-order valence-electron chi connectivity index (χ2n) is 4.62. The van der Waals surface area contributed by atoms with Gasteiger partial charge in [0, 0.05) is 0 Å². The van der Waals surface area contributed by atoms with E-state index in [0.717, 1.165) is 10.5 Å². The van der Waals surface area contributed by atoms with E-state index < -0.39 is 29.1 Å². The first-order valence-electron chi connectivity index (χ1n) is 6.99. The molecule has 0 saturated heterocycles. The lowest BCUT2D eigenvalue weighted by Gasteiger charge is -2.11. The molecule has 0 amide bonds. The van der Waals surface area contributed by atoms with Gasteiger partial charge in [0.1, 0.15) is 10.5 Å². The summed E-state index contributed by atoms with van der Waals surface area (Å²) in [6, 6.07) is 1.33. The van der Waals surface area contributed by atoms with Crippen molar-refractivity contribution >= 4 is 39.5 Å². The Morgan fingerprint density at radius 3 is 2.29 bits per heavy atom. The van der Waals surface area contributed by atoms with Crippen molar-refractivity contribution in [2.45, 2.75) is 64.5 Å². The SMILES string of the molecule is CCCCCCCCC[SiH](C)O[SiH2]O[SiH2]O[SiH3]. The molecule has 17 heavy (non-hydrogen) atoms. The Bertz CT molecular complexity index is 152. The van der Waals surface area contributed by atoms with Crippen LogP contribution in [0.25, 0.3) is 0 Å². The van der Waals surface area contributed by atoms with E-state index in [1.165, 1.54) is 51.0 Å². The first-order chi connectivity index (χ1) is 8.31. The third-order valence-electron chi connectivity index (χ3n) is 2.85. The lowest BCUT2D eigenvalue weighted by Crippen LogP contribution is -2.20. The van der Waals surface area contributed by atoms with Gasteiger partial charge >= 0.3 is 0 Å². The minimum Gasteiger partial charge on any atom is -0.449 e. The normalized spacial score (nSPS) is 14.5. The molecule has 0 radical (unpaired) electrons. The van der Waals surface area contributed by atoms with E-state index in [9.17, 15) is 0 Å². The molecule has 0 aromatic carbocycles. The Balaban J connectivity index is 3.08. The van der Waals surface area contributed by atoms with Crippen LogP contribution in [0.2, 0.25) is 12.6 Å². The van der Waals surface area contributed by atoms with Crippen molar-refractivity contribution in [2.75, 3.05) is 0 Å². The van der Waals surface area contributed by atoms with Gasteiger partial charge in [0.25, 0.3) is 20.0 Å². The first kappa shape index (κ1) is 17.7. The minimum atomic E-state index is -0.895. The molecule has 0 spiro atoms. The Kier molecular flexibility index (Phi) is 15.5. The van der Waals surface area contributed by atoms with E-state index in [1.54, 1.807) is 0 Å². The zero-order chi connectivity index (χ0) is 12.8. The van der Waals surface area contributed by atoms with Crippen molar-refractivity contribution in [1.29, 1.82) is 0 Å². The van der Waals surface area contributed by atoms with Crippen molar-refractivity contribution in [3.8, 4) is 0 Å². The van der Waals surface area contributed by atoms with Crippen LogP contribution in [0.15, 0.2) is 0 Å². The van der Waals surface area contributed by atoms with E-state index >= 15 is 0 Å². The lowest BCUT2D eigenvalue weighted by atomic mass is 10.1. The molecule has 0 fully saturated rings. The Labute approximate surface area is 116 Å². The zero-order valence-corrected chi connectivity index (χ0v) is 17.9. The van der Waals surface area contributed by atoms with E-state index in [0.29, 0.717) is 0 Å². The molecule has 1 unspecified atom stereocenters. The predicted molar refractivity (Wildman–Crippen MR) is 86.1 cm³/mol. The van der Waals surface area contributed by atoms with Gasteiger partial charge in [-0.15, -0.1) is 0 Å². The highest BCUT2D eigenvalue weighted by molar-refractivity contribution is 6.57. The second kappa shape index (κ2) is 14.8. The summed E-state index contributed by atoms with van der Waals surface area (Å²) in [7, 11) is -1.39. The lowest BCUT2D eigenvalue weighted by molar-refractivity contribution is 0.431. The van der Waals surface area contributed by atoms with Crippen LogP contribution in [0.3, 0.4) is 0 Å². The summed E-state index contributed by atoms with van der Waals surface area (Å²) in [4.78, 5) is 0. The first-order valence-corrected chi connectivity index (χ1v) is 12.6. The quantitative estimate of drug-likeness (QED) is 0.364. The maximum atomic E-state index is 5.81. The topological polar surface area (TPSA) is 27.7 Å². The predicted octanol–water partition coefficient (Wildman–Crippen LogP) is 0.418. The molecule has 0 aromatic rings. The zero-order valence-electron chi connectivity index (χ0n) is 11.9. The molecule has 1 atom stereocenters. The summed E-state index contributed by atoms with van der Waals surface area (Å²) in [5.74, 6) is 0. The molecule has 104 valence electrons. The van der Waals surface area contributed by atoms with Gasteiger partial charge in [0.15, 0.2) is 9.04 Å². The van der Waals surface area contributed by atoms with E-state index in [4.69, 9.17) is 12.3 Å². The third kappa shape index (κ3) is 14.7. The summed E-state index contributed by atoms with van der Waals surface area (Å²) >= 11 is 0. The molecular formula is C10H30O3Si4. The van der Waals surface area contributed by atoms with Crippen molar-refractivity contribution in [1.82, 2.24) is 0 Å². The van der Waals surface area contributed by atoms with Crippen LogP contribution >= 0.6 is 0 Å². The Hall–Kier alpha value is 0.748. The highest BCUT2D eigenvalue weighted by Crippen LogP contribution is 2.10. The molecule has 0 saturated carbocycles. The van der Waals surface area contributed by atoms with Crippen molar-refractivity contribution in [2.24, 2.45) is 0 Å². The van der Waals surface area contributed by atoms with Gasteiger partial charge in [0.05, 0.1) is 0 Å². The maximum Gasteiger partial charge on any atom is 0.284 e. The van der Waals surface area contributed by atoms with Crippen LogP contribution < -0.4 is 0 Å². The maximum absolute atomic E-state index is 5.81. The molecule has 0 aromatic heterocycles. The molecule has 3 nitrogen and oxygen atoms in total. The highest BCUT2D eigenvalue weighted by atomic mass is 28.4. The monoisotopic (exact) mass is 310 g/mol. The van der Waals surface area contributed by atoms with Gasteiger partial charge < -0.3 is 12.3 Å². The number of unbranched alkanes of at least 4 members (excludes halogenated alkanes) is 6. The van der Waals surface area contributed by atoms with Gasteiger partial charge in [-0.05, 0) is 12.6 Å². The minimum absolute atomic E-state index is 0.636. The standard InChI is InChI=1S/C10H30O3Si4/c1-3-4-5-6-7-8-9-10-17(2)13-16-12-15-11-14/h17H,3-10,15-16H2,1-2,14H3. The Morgan fingerprint density at radius 2 is 1.65 bits per heavy atom. The summed E-state index contributed by atoms with van der Waals surface area (Å²) in [6.07, 6.45) is 9.76. The van der Waals surface area contributed by atoms with Crippen LogP contribution in [0.5, 0.6) is 0 Å². The van der Waals surface area contributed by atoms with Crippen LogP contribution in [0, 0.1) is 0 Å². The smallest absolute Gasteiger partial charge is 0.284 e. The molecule has 0 aliphatic rings. The largest absolute Gasteiger partial charge is 0.449 e. The summed E-state index contributed by atoms with van der Waals surface area (Å²) < 4.78 is 16.3. The van der Waals surface area contributed by atoms with Crippen LogP contribution in [-0.4, -0.2) is 39.5 Å². The molecular weight excluding hydrogens is 280 g/mol. The summed E-state index contributed by atoms with van der Waals surface area (Å²) in [5.41, 5.74) is 0. The number of rotatable bonds is 13. The van der Waals surface area contributed by atoms with E-state index in [1.807, 2.05) is 0 Å². The van der Waals surface area contributed by atoms with Crippen LogP contribution in [0.4, 0.5) is 0 Å². The fourth-order valence-corrected chi connectivity index (χ4v) is 7.90. The number of hydrogen-bond donors (Lipinski definition) is 0. The molecule has 0 aliphatic carbocycles. The molecule has 0 N–H and O–H groups in total. The average molecular weight is 311 g/mol. The Morgan fingerprint density at radius 1 is 1.00 bits per heavy atom. The van der Waals surface area contributed by atoms with Crippen molar-refractivity contribution in [3.05, 3.63) is 0 Å². The van der Waals surface area contributed by atoms with Crippen LogP contribution in [-0.2, 0) is 12.3 Å². The number of hydrogen-bond acceptors (Lipinski definition) is 3. The molecule has 0 rings (SSSR count). The summed E-state index contributed by atoms with van der Waals surface area (Å²) in [6.45, 7) is 4.57. The van der Waals surface area contributed by atoms with Gasteiger partial charge in [-0.2, -0.15) is 0 Å². The van der Waals surface area contributed by atoms with Gasteiger partial charge in [-0.25, -0.2) is 0 Å². The molecule has 0 heterocycles. The summed E-state index contributed by atoms with van der Waals surface area (Å²) in [5, 5.41) is 0. The van der Waals surface area contributed by atoms with E-state index in [2.05, 4.69) is 13.5 Å². The molecule has 7 heteroatoms. The van der Waals surface area contributed by atoms with Gasteiger partial charge in [-0.3, -0.25) is 0 Å². The third-order valence-corrected chi connectivity index (χ3v) is 9.17. The van der Waals surface area contributed by atoms with Gasteiger partial charge in [0.2, 0.25) is 0 Å². The van der Waals surface area contributed by atoms with Crippen LogP contribution in [0.1, 0.15) is 51.9 Å². The molecule has 0 bridgehead atoms. The molecule has 0 aliphatic heterocycles. The second-order valence-corrected chi connectivity index (χ2v) is 12.6. The van der Waals surface area contributed by atoms with E-state index in [-0.39, 0.29) is 0 Å². The fourth-order valence-electron chi connectivity index (χ4n) is 1.75. The average Bonchev–Trinajstić information content (AvgIpc) is 2.33. The highest BCUT2D eigenvalue weighted by Gasteiger charge is 2.04. The van der Waals surface area contributed by atoms with Gasteiger partial charge in [-0.1, -0.05) is 51.9 Å². The fraction of sp³-hybridized carbons (Fsp3) is 1.00. The van der Waals surface area contributed by atoms with Crippen molar-refractivity contribution < 1.29 is 12.3 Å².